The Labute approximate surface area is 172 Å². The third-order valence-electron chi connectivity index (χ3n) is 4.07. The van der Waals surface area contributed by atoms with Crippen LogP contribution in [0.25, 0.3) is 11.1 Å². The van der Waals surface area contributed by atoms with Gasteiger partial charge in [-0.05, 0) is 23.8 Å². The van der Waals surface area contributed by atoms with E-state index in [-0.39, 0.29) is 23.6 Å². The molecule has 0 saturated carbocycles. The Bertz CT molecular complexity index is 992. The molecule has 2 amide bonds. The number of nitrogens with one attached hydrogen (secondary N) is 2. The van der Waals surface area contributed by atoms with Crippen LogP contribution in [0.4, 0.5) is 4.39 Å². The van der Waals surface area contributed by atoms with Crippen molar-refractivity contribution in [3.8, 4) is 16.9 Å². The average molecular weight is 413 g/mol. The Balaban J connectivity index is 1.53. The second-order valence-electron chi connectivity index (χ2n) is 6.12. The molecule has 0 saturated heterocycles. The number of carbonyl (C=O) groups is 2. The number of hydrogen-bond donors (Lipinski definition) is 2. The van der Waals surface area contributed by atoms with Gasteiger partial charge in [-0.2, -0.15) is 0 Å². The van der Waals surface area contributed by atoms with Gasteiger partial charge in [0.05, 0.1) is 6.42 Å². The number of amides is 2. The summed E-state index contributed by atoms with van der Waals surface area (Å²) >= 11 is 5.89. The molecule has 148 valence electrons. The maximum Gasteiger partial charge on any atom is 0.276 e. The number of para-hydroxylation sites is 1. The van der Waals surface area contributed by atoms with E-state index >= 15 is 0 Å². The number of benzene rings is 3. The van der Waals surface area contributed by atoms with Crippen molar-refractivity contribution in [2.24, 2.45) is 0 Å². The molecule has 0 radical (unpaired) electrons. The highest BCUT2D eigenvalue weighted by Crippen LogP contribution is 2.29. The van der Waals surface area contributed by atoms with Gasteiger partial charge >= 0.3 is 0 Å². The molecule has 3 aromatic rings. The van der Waals surface area contributed by atoms with E-state index in [1.165, 1.54) is 18.2 Å². The number of halogens is 2. The Morgan fingerprint density at radius 3 is 2.31 bits per heavy atom. The maximum absolute atomic E-state index is 13.7. The lowest BCUT2D eigenvalue weighted by Gasteiger charge is -2.12. The first-order valence-electron chi connectivity index (χ1n) is 8.82. The predicted molar refractivity (Wildman–Crippen MR) is 109 cm³/mol. The number of rotatable bonds is 6. The molecule has 3 rings (SSSR count). The van der Waals surface area contributed by atoms with Gasteiger partial charge in [0.1, 0.15) is 11.6 Å². The van der Waals surface area contributed by atoms with Crippen LogP contribution in [0, 0.1) is 5.82 Å². The van der Waals surface area contributed by atoms with Crippen LogP contribution in [0.15, 0.2) is 72.8 Å². The van der Waals surface area contributed by atoms with E-state index in [0.717, 1.165) is 11.1 Å². The van der Waals surface area contributed by atoms with Crippen molar-refractivity contribution in [3.63, 3.8) is 0 Å². The number of hydrazine groups is 1. The van der Waals surface area contributed by atoms with Gasteiger partial charge in [0, 0.05) is 16.1 Å². The summed E-state index contributed by atoms with van der Waals surface area (Å²) in [4.78, 5) is 23.9. The first-order valence-corrected chi connectivity index (χ1v) is 9.20. The smallest absolute Gasteiger partial charge is 0.276 e. The van der Waals surface area contributed by atoms with E-state index in [9.17, 15) is 14.0 Å². The minimum absolute atomic E-state index is 0.0638. The van der Waals surface area contributed by atoms with Gasteiger partial charge < -0.3 is 4.74 Å². The summed E-state index contributed by atoms with van der Waals surface area (Å²) in [6.07, 6.45) is -0.302. The van der Waals surface area contributed by atoms with E-state index in [0.29, 0.717) is 5.75 Å². The summed E-state index contributed by atoms with van der Waals surface area (Å²) in [6.45, 7) is -0.301. The summed E-state index contributed by atoms with van der Waals surface area (Å²) in [5.74, 6) is -1.20. The highest BCUT2D eigenvalue weighted by atomic mass is 35.5. The standard InChI is InChI=1S/C22H18ClFN2O3/c23-18-10-6-11-19(24)17(18)13-21(27)25-26-22(28)14-29-20-12-5-4-9-16(20)15-7-2-1-3-8-15/h1-12H,13-14H2,(H,25,27)(H,26,28). The highest BCUT2D eigenvalue weighted by molar-refractivity contribution is 6.31. The Kier molecular flexibility index (Phi) is 6.81. The molecule has 0 fully saturated rings. The summed E-state index contributed by atoms with van der Waals surface area (Å²) in [7, 11) is 0. The van der Waals surface area contributed by atoms with Gasteiger partial charge in [-0.25, -0.2) is 4.39 Å². The predicted octanol–water partition coefficient (Wildman–Crippen LogP) is 3.92. The third kappa shape index (κ3) is 5.56. The Morgan fingerprint density at radius 1 is 0.862 bits per heavy atom. The molecule has 0 heterocycles. The van der Waals surface area contributed by atoms with E-state index in [4.69, 9.17) is 16.3 Å². The minimum Gasteiger partial charge on any atom is -0.483 e. The molecule has 0 spiro atoms. The summed E-state index contributed by atoms with van der Waals surface area (Å²) < 4.78 is 19.3. The maximum atomic E-state index is 13.7. The van der Waals surface area contributed by atoms with Crippen LogP contribution in [-0.4, -0.2) is 18.4 Å². The van der Waals surface area contributed by atoms with Crippen LogP contribution in [0.2, 0.25) is 5.02 Å². The van der Waals surface area contributed by atoms with Gasteiger partial charge in [-0.3, -0.25) is 20.4 Å². The summed E-state index contributed by atoms with van der Waals surface area (Å²) in [6, 6.07) is 21.1. The number of ether oxygens (including phenoxy) is 1. The monoisotopic (exact) mass is 412 g/mol. The lowest BCUT2D eigenvalue weighted by molar-refractivity contribution is -0.129. The van der Waals surface area contributed by atoms with Crippen molar-refractivity contribution in [2.75, 3.05) is 6.61 Å². The number of hydrogen-bond acceptors (Lipinski definition) is 3. The average Bonchev–Trinajstić information content (AvgIpc) is 2.74. The zero-order valence-electron chi connectivity index (χ0n) is 15.3. The summed E-state index contributed by atoms with van der Waals surface area (Å²) in [5.41, 5.74) is 6.33. The van der Waals surface area contributed by atoms with E-state index in [1.54, 1.807) is 12.1 Å². The van der Waals surface area contributed by atoms with E-state index in [1.807, 2.05) is 42.5 Å². The van der Waals surface area contributed by atoms with E-state index in [2.05, 4.69) is 10.9 Å². The first-order chi connectivity index (χ1) is 14.0. The molecule has 5 nitrogen and oxygen atoms in total. The highest BCUT2D eigenvalue weighted by Gasteiger charge is 2.13. The fourth-order valence-electron chi connectivity index (χ4n) is 2.67. The molecule has 7 heteroatoms. The zero-order chi connectivity index (χ0) is 20.6. The fraction of sp³-hybridized carbons (Fsp3) is 0.0909. The molecule has 0 unspecified atom stereocenters. The van der Waals surface area contributed by atoms with E-state index < -0.39 is 17.6 Å². The van der Waals surface area contributed by atoms with Gasteiger partial charge in [0.15, 0.2) is 6.61 Å². The molecule has 0 aliphatic rings. The fourth-order valence-corrected chi connectivity index (χ4v) is 2.90. The topological polar surface area (TPSA) is 67.4 Å². The van der Waals surface area contributed by atoms with Crippen molar-refractivity contribution in [1.29, 1.82) is 0 Å². The molecule has 0 aromatic heterocycles. The molecule has 0 aliphatic carbocycles. The van der Waals surface area contributed by atoms with Crippen LogP contribution < -0.4 is 15.6 Å². The van der Waals surface area contributed by atoms with Crippen LogP contribution >= 0.6 is 11.6 Å². The van der Waals surface area contributed by atoms with Gasteiger partial charge in [-0.1, -0.05) is 66.2 Å². The van der Waals surface area contributed by atoms with Crippen molar-refractivity contribution < 1.29 is 18.7 Å². The molecule has 29 heavy (non-hydrogen) atoms. The Morgan fingerprint density at radius 2 is 1.55 bits per heavy atom. The SMILES string of the molecule is O=C(COc1ccccc1-c1ccccc1)NNC(=O)Cc1c(F)cccc1Cl. The van der Waals surface area contributed by atoms with Crippen LogP contribution in [0.5, 0.6) is 5.75 Å². The van der Waals surface area contributed by atoms with Crippen LogP contribution in [0.1, 0.15) is 5.56 Å². The van der Waals surface area contributed by atoms with Crippen LogP contribution in [-0.2, 0) is 16.0 Å². The molecular weight excluding hydrogens is 395 g/mol. The molecule has 0 aliphatic heterocycles. The molecule has 2 N–H and O–H groups in total. The number of carbonyl (C=O) groups excluding carboxylic acids is 2. The van der Waals surface area contributed by atoms with Crippen molar-refractivity contribution in [3.05, 3.63) is 89.2 Å². The van der Waals surface area contributed by atoms with Crippen molar-refractivity contribution in [1.82, 2.24) is 10.9 Å². The van der Waals surface area contributed by atoms with Gasteiger partial charge in [-0.15, -0.1) is 0 Å². The van der Waals surface area contributed by atoms with Gasteiger partial charge in [0.25, 0.3) is 5.91 Å². The third-order valence-corrected chi connectivity index (χ3v) is 4.43. The molecule has 3 aromatic carbocycles. The molecule has 0 bridgehead atoms. The second-order valence-corrected chi connectivity index (χ2v) is 6.53. The minimum atomic E-state index is -0.602. The summed E-state index contributed by atoms with van der Waals surface area (Å²) in [5, 5.41) is 0.146. The lowest BCUT2D eigenvalue weighted by atomic mass is 10.1. The van der Waals surface area contributed by atoms with Crippen molar-refractivity contribution >= 4 is 23.4 Å². The molecule has 0 atom stereocenters. The normalized spacial score (nSPS) is 10.3. The first kappa shape index (κ1) is 20.4. The quantitative estimate of drug-likeness (QED) is 0.603. The van der Waals surface area contributed by atoms with Crippen LogP contribution in [0.3, 0.4) is 0 Å². The Hall–Kier alpha value is -3.38. The van der Waals surface area contributed by atoms with Crippen molar-refractivity contribution in [2.45, 2.75) is 6.42 Å². The second kappa shape index (κ2) is 9.71. The largest absolute Gasteiger partial charge is 0.483 e. The lowest BCUT2D eigenvalue weighted by Crippen LogP contribution is -2.44. The zero-order valence-corrected chi connectivity index (χ0v) is 16.1. The molecular formula is C22H18ClFN2O3. The van der Waals surface area contributed by atoms with Gasteiger partial charge in [0.2, 0.25) is 5.91 Å².